The van der Waals surface area contributed by atoms with E-state index in [4.69, 9.17) is 9.47 Å². The van der Waals surface area contributed by atoms with Crippen LogP contribution in [0.15, 0.2) is 36.8 Å². The first-order valence-corrected chi connectivity index (χ1v) is 12.5. The molecule has 0 unspecified atom stereocenters. The standard InChI is InChI=1S/C26H31N7O5/c1-26(2,3)38-25(36)30(4)21-14-20(29-23-18(24(34)35)15-28-33(21)23)19-16-32(22-17(19)6-5-7-27-22)9-8-31-10-12-37-13-11-31/h5-7,14-16H,8-13H2,1-4H3,(H,34,35). The van der Waals surface area contributed by atoms with Crippen molar-refractivity contribution < 1.29 is 24.2 Å². The number of carbonyl (C=O) groups excluding carboxylic acids is 1. The van der Waals surface area contributed by atoms with Crippen LogP contribution in [0, 0.1) is 0 Å². The second-order valence-electron chi connectivity index (χ2n) is 10.2. The molecule has 12 heteroatoms. The molecule has 0 aliphatic carbocycles. The molecule has 12 nitrogen and oxygen atoms in total. The van der Waals surface area contributed by atoms with Crippen LogP contribution in [-0.2, 0) is 16.0 Å². The molecule has 4 aromatic rings. The fraction of sp³-hybridized carbons (Fsp3) is 0.423. The Hall–Kier alpha value is -4.03. The summed E-state index contributed by atoms with van der Waals surface area (Å²) in [5.74, 6) is -0.838. The highest BCUT2D eigenvalue weighted by Gasteiger charge is 2.26. The number of carboxylic acids is 1. The van der Waals surface area contributed by atoms with Crippen molar-refractivity contribution in [3.63, 3.8) is 0 Å². The number of carboxylic acid groups (broad SMARTS) is 1. The van der Waals surface area contributed by atoms with Gasteiger partial charge in [-0.05, 0) is 32.9 Å². The lowest BCUT2D eigenvalue weighted by atomic mass is 10.1. The summed E-state index contributed by atoms with van der Waals surface area (Å²) in [7, 11) is 1.56. The minimum absolute atomic E-state index is 0.0696. The molecule has 1 saturated heterocycles. The number of carbonyl (C=O) groups is 2. The monoisotopic (exact) mass is 521 g/mol. The van der Waals surface area contributed by atoms with Gasteiger partial charge in [0.15, 0.2) is 5.65 Å². The van der Waals surface area contributed by atoms with E-state index in [9.17, 15) is 14.7 Å². The zero-order valence-corrected chi connectivity index (χ0v) is 21.9. The first-order chi connectivity index (χ1) is 18.1. The molecular formula is C26H31N7O5. The number of rotatable bonds is 6. The lowest BCUT2D eigenvalue weighted by molar-refractivity contribution is 0.0365. The maximum atomic E-state index is 12.9. The Morgan fingerprint density at radius 2 is 1.95 bits per heavy atom. The number of anilines is 1. The molecule has 0 spiro atoms. The van der Waals surface area contributed by atoms with E-state index in [1.807, 2.05) is 18.3 Å². The molecule has 5 heterocycles. The van der Waals surface area contributed by atoms with Crippen LogP contribution in [-0.4, -0.2) is 91.7 Å². The molecule has 0 saturated carbocycles. The number of aromatic carboxylic acids is 1. The molecule has 1 N–H and O–H groups in total. The van der Waals surface area contributed by atoms with Gasteiger partial charge in [0.25, 0.3) is 0 Å². The highest BCUT2D eigenvalue weighted by atomic mass is 16.6. The van der Waals surface area contributed by atoms with E-state index in [2.05, 4.69) is 24.5 Å². The quantitative estimate of drug-likeness (QED) is 0.407. The number of morpholine rings is 1. The molecule has 0 bridgehead atoms. The van der Waals surface area contributed by atoms with Gasteiger partial charge in [0, 0.05) is 62.6 Å². The zero-order chi connectivity index (χ0) is 27.0. The van der Waals surface area contributed by atoms with Crippen LogP contribution in [0.3, 0.4) is 0 Å². The van der Waals surface area contributed by atoms with Gasteiger partial charge in [-0.3, -0.25) is 9.80 Å². The maximum absolute atomic E-state index is 12.9. The van der Waals surface area contributed by atoms with Gasteiger partial charge >= 0.3 is 12.1 Å². The second-order valence-corrected chi connectivity index (χ2v) is 10.2. The highest BCUT2D eigenvalue weighted by Crippen LogP contribution is 2.32. The van der Waals surface area contributed by atoms with Crippen LogP contribution >= 0.6 is 0 Å². The predicted molar refractivity (Wildman–Crippen MR) is 141 cm³/mol. The summed E-state index contributed by atoms with van der Waals surface area (Å²) >= 11 is 0. The predicted octanol–water partition coefficient (Wildman–Crippen LogP) is 3.15. The Kier molecular flexibility index (Phi) is 6.76. The third-order valence-corrected chi connectivity index (χ3v) is 6.37. The van der Waals surface area contributed by atoms with E-state index in [1.165, 1.54) is 15.6 Å². The Morgan fingerprint density at radius 3 is 2.66 bits per heavy atom. The number of hydrogen-bond acceptors (Lipinski definition) is 8. The normalized spacial score (nSPS) is 14.7. The van der Waals surface area contributed by atoms with Crippen LogP contribution in [0.2, 0.25) is 0 Å². The van der Waals surface area contributed by atoms with Crippen molar-refractivity contribution in [3.05, 3.63) is 42.4 Å². The molecule has 0 atom stereocenters. The molecule has 1 amide bonds. The molecule has 4 aromatic heterocycles. The summed E-state index contributed by atoms with van der Waals surface area (Å²) in [5.41, 5.74) is 1.41. The molecule has 38 heavy (non-hydrogen) atoms. The van der Waals surface area contributed by atoms with Gasteiger partial charge in [-0.1, -0.05) is 0 Å². The average molecular weight is 522 g/mol. The SMILES string of the molecule is CN(C(=O)OC(C)(C)C)c1cc(-c2cn(CCN3CCOCC3)c3ncccc23)nc2c(C(=O)O)cnn12. The van der Waals surface area contributed by atoms with Crippen molar-refractivity contribution in [2.24, 2.45) is 0 Å². The Labute approximate surface area is 219 Å². The van der Waals surface area contributed by atoms with Crippen LogP contribution in [0.25, 0.3) is 27.9 Å². The average Bonchev–Trinajstić information content (AvgIpc) is 3.48. The lowest BCUT2D eigenvalue weighted by Crippen LogP contribution is -2.38. The van der Waals surface area contributed by atoms with Gasteiger partial charge in [0.2, 0.25) is 0 Å². The van der Waals surface area contributed by atoms with E-state index in [0.29, 0.717) is 18.1 Å². The third-order valence-electron chi connectivity index (χ3n) is 6.37. The topological polar surface area (TPSA) is 127 Å². The van der Waals surface area contributed by atoms with Gasteiger partial charge in [-0.15, -0.1) is 0 Å². The van der Waals surface area contributed by atoms with Crippen LogP contribution in [0.1, 0.15) is 31.1 Å². The van der Waals surface area contributed by atoms with Crippen LogP contribution in [0.4, 0.5) is 10.6 Å². The van der Waals surface area contributed by atoms with Crippen LogP contribution in [0.5, 0.6) is 0 Å². The van der Waals surface area contributed by atoms with E-state index in [0.717, 1.165) is 49.4 Å². The van der Waals surface area contributed by atoms with Crippen molar-refractivity contribution >= 4 is 34.6 Å². The number of amides is 1. The first kappa shape index (κ1) is 25.6. The Bertz CT molecular complexity index is 1500. The summed E-state index contributed by atoms with van der Waals surface area (Å²) in [5, 5.41) is 14.9. The van der Waals surface area contributed by atoms with E-state index < -0.39 is 17.7 Å². The third kappa shape index (κ3) is 5.04. The molecular weight excluding hydrogens is 490 g/mol. The number of ether oxygens (including phenoxy) is 2. The second kappa shape index (κ2) is 10.0. The van der Waals surface area contributed by atoms with Crippen molar-refractivity contribution in [2.75, 3.05) is 44.8 Å². The van der Waals surface area contributed by atoms with Crippen molar-refractivity contribution in [2.45, 2.75) is 32.9 Å². The Morgan fingerprint density at radius 1 is 1.18 bits per heavy atom. The van der Waals surface area contributed by atoms with E-state index >= 15 is 0 Å². The molecule has 1 fully saturated rings. The van der Waals surface area contributed by atoms with Crippen molar-refractivity contribution in [1.82, 2.24) is 29.0 Å². The largest absolute Gasteiger partial charge is 0.477 e. The summed E-state index contributed by atoms with van der Waals surface area (Å²) in [6.07, 6.45) is 4.35. The molecule has 1 aliphatic rings. The fourth-order valence-electron chi connectivity index (χ4n) is 4.47. The van der Waals surface area contributed by atoms with Gasteiger partial charge in [-0.25, -0.2) is 19.6 Å². The van der Waals surface area contributed by atoms with Crippen LogP contribution < -0.4 is 4.90 Å². The molecule has 1 aliphatic heterocycles. The number of hydrogen-bond donors (Lipinski definition) is 1. The summed E-state index contributed by atoms with van der Waals surface area (Å²) in [4.78, 5) is 37.8. The van der Waals surface area contributed by atoms with Gasteiger partial charge < -0.3 is 19.1 Å². The first-order valence-electron chi connectivity index (χ1n) is 12.5. The number of aromatic nitrogens is 5. The lowest BCUT2D eigenvalue weighted by Gasteiger charge is -2.26. The number of pyridine rings is 1. The highest BCUT2D eigenvalue weighted by molar-refractivity contribution is 5.98. The fourth-order valence-corrected chi connectivity index (χ4v) is 4.47. The van der Waals surface area contributed by atoms with E-state index in [-0.39, 0.29) is 11.2 Å². The molecule has 0 radical (unpaired) electrons. The van der Waals surface area contributed by atoms with Gasteiger partial charge in [0.1, 0.15) is 22.6 Å². The number of fused-ring (bicyclic) bond motifs is 2. The number of nitrogens with zero attached hydrogens (tertiary/aromatic N) is 7. The van der Waals surface area contributed by atoms with E-state index in [1.54, 1.807) is 40.1 Å². The summed E-state index contributed by atoms with van der Waals surface area (Å²) < 4.78 is 14.4. The zero-order valence-electron chi connectivity index (χ0n) is 21.9. The van der Waals surface area contributed by atoms with Gasteiger partial charge in [0.05, 0.1) is 25.1 Å². The van der Waals surface area contributed by atoms with Crippen molar-refractivity contribution in [3.8, 4) is 11.3 Å². The Balaban J connectivity index is 1.61. The smallest absolute Gasteiger partial charge is 0.415 e. The van der Waals surface area contributed by atoms with Gasteiger partial charge in [-0.2, -0.15) is 9.61 Å². The van der Waals surface area contributed by atoms with Crippen molar-refractivity contribution in [1.29, 1.82) is 0 Å². The molecule has 0 aromatic carbocycles. The molecule has 5 rings (SSSR count). The molecule has 200 valence electrons. The maximum Gasteiger partial charge on any atom is 0.415 e. The summed E-state index contributed by atoms with van der Waals surface area (Å²) in [6.45, 7) is 10.1. The minimum atomic E-state index is -1.16. The summed E-state index contributed by atoms with van der Waals surface area (Å²) in [6, 6.07) is 5.52. The minimum Gasteiger partial charge on any atom is -0.477 e.